The molecule has 0 unspecified atom stereocenters. The first-order valence-electron chi connectivity index (χ1n) is 6.62. The standard InChI is InChI=1S/C14H18N4O3/c1-2-17(10-12-4-3-7-21-12)9-11-5-6-14(18(19)20)13(8-11)16-15/h3-8,16H,2,9-10,15H2,1H3. The first-order valence-corrected chi connectivity index (χ1v) is 6.62. The second-order valence-electron chi connectivity index (χ2n) is 4.64. The zero-order chi connectivity index (χ0) is 15.2. The number of nitro benzene ring substituents is 1. The Kier molecular flexibility index (Phi) is 4.91. The summed E-state index contributed by atoms with van der Waals surface area (Å²) < 4.78 is 5.34. The number of nitrogen functional groups attached to an aromatic ring is 1. The number of furan rings is 1. The quantitative estimate of drug-likeness (QED) is 0.462. The fourth-order valence-corrected chi connectivity index (χ4v) is 2.12. The number of hydrogen-bond donors (Lipinski definition) is 2. The van der Waals surface area contributed by atoms with Crippen molar-refractivity contribution in [1.82, 2.24) is 4.90 Å². The van der Waals surface area contributed by atoms with Gasteiger partial charge in [0.25, 0.3) is 5.69 Å². The van der Waals surface area contributed by atoms with Crippen molar-refractivity contribution in [3.63, 3.8) is 0 Å². The van der Waals surface area contributed by atoms with Gasteiger partial charge in [-0.1, -0.05) is 13.0 Å². The highest BCUT2D eigenvalue weighted by atomic mass is 16.6. The summed E-state index contributed by atoms with van der Waals surface area (Å²) >= 11 is 0. The number of nitrogens with two attached hydrogens (primary N) is 1. The lowest BCUT2D eigenvalue weighted by Crippen LogP contribution is -2.22. The van der Waals surface area contributed by atoms with Gasteiger partial charge >= 0.3 is 0 Å². The smallest absolute Gasteiger partial charge is 0.293 e. The highest BCUT2D eigenvalue weighted by molar-refractivity contribution is 5.62. The van der Waals surface area contributed by atoms with Crippen molar-refractivity contribution < 1.29 is 9.34 Å². The van der Waals surface area contributed by atoms with E-state index < -0.39 is 4.92 Å². The number of nitro groups is 1. The van der Waals surface area contributed by atoms with Gasteiger partial charge in [0, 0.05) is 12.6 Å². The monoisotopic (exact) mass is 290 g/mol. The molecule has 0 saturated carbocycles. The molecule has 7 nitrogen and oxygen atoms in total. The van der Waals surface area contributed by atoms with Gasteiger partial charge in [-0.2, -0.15) is 0 Å². The largest absolute Gasteiger partial charge is 0.468 e. The van der Waals surface area contributed by atoms with Crippen LogP contribution in [0.2, 0.25) is 0 Å². The zero-order valence-electron chi connectivity index (χ0n) is 11.8. The fourth-order valence-electron chi connectivity index (χ4n) is 2.12. The van der Waals surface area contributed by atoms with Gasteiger partial charge in [-0.05, 0) is 30.3 Å². The number of benzene rings is 1. The molecule has 2 aromatic rings. The second-order valence-corrected chi connectivity index (χ2v) is 4.64. The van der Waals surface area contributed by atoms with E-state index in [2.05, 4.69) is 17.2 Å². The maximum Gasteiger partial charge on any atom is 0.293 e. The third-order valence-electron chi connectivity index (χ3n) is 3.23. The van der Waals surface area contributed by atoms with Crippen LogP contribution < -0.4 is 11.3 Å². The summed E-state index contributed by atoms with van der Waals surface area (Å²) in [7, 11) is 0. The minimum absolute atomic E-state index is 0.0321. The molecule has 0 spiro atoms. The molecule has 0 aliphatic rings. The molecule has 0 aliphatic carbocycles. The molecule has 0 bridgehead atoms. The lowest BCUT2D eigenvalue weighted by Gasteiger charge is -2.19. The third-order valence-corrected chi connectivity index (χ3v) is 3.23. The minimum Gasteiger partial charge on any atom is -0.468 e. The number of nitrogens with one attached hydrogen (secondary N) is 1. The van der Waals surface area contributed by atoms with Crippen LogP contribution in [0.3, 0.4) is 0 Å². The lowest BCUT2D eigenvalue weighted by atomic mass is 10.1. The first-order chi connectivity index (χ1) is 10.1. The molecule has 1 aromatic heterocycles. The van der Waals surface area contributed by atoms with Gasteiger partial charge in [-0.3, -0.25) is 20.9 Å². The molecule has 1 aromatic carbocycles. The molecular weight excluding hydrogens is 272 g/mol. The predicted octanol–water partition coefficient (Wildman–Crippen LogP) is 2.50. The number of nitrogens with zero attached hydrogens (tertiary/aromatic N) is 2. The van der Waals surface area contributed by atoms with Gasteiger partial charge in [0.15, 0.2) is 0 Å². The van der Waals surface area contributed by atoms with Crippen LogP contribution in [0.5, 0.6) is 0 Å². The number of anilines is 1. The molecule has 1 heterocycles. The van der Waals surface area contributed by atoms with Crippen molar-refractivity contribution in [2.75, 3.05) is 12.0 Å². The molecule has 0 amide bonds. The topological polar surface area (TPSA) is 97.6 Å². The van der Waals surface area contributed by atoms with Crippen LogP contribution in [0.1, 0.15) is 18.2 Å². The van der Waals surface area contributed by atoms with E-state index in [9.17, 15) is 10.1 Å². The SMILES string of the molecule is CCN(Cc1ccc([N+](=O)[O-])c(NN)c1)Cc1ccco1. The van der Waals surface area contributed by atoms with Crippen molar-refractivity contribution in [1.29, 1.82) is 0 Å². The Bertz CT molecular complexity index is 598. The van der Waals surface area contributed by atoms with Crippen molar-refractivity contribution in [3.8, 4) is 0 Å². The van der Waals surface area contributed by atoms with Crippen LogP contribution in [0.25, 0.3) is 0 Å². The molecule has 3 N–H and O–H groups in total. The Morgan fingerprint density at radius 2 is 2.19 bits per heavy atom. The Balaban J connectivity index is 2.12. The van der Waals surface area contributed by atoms with E-state index in [1.54, 1.807) is 18.4 Å². The van der Waals surface area contributed by atoms with E-state index >= 15 is 0 Å². The summed E-state index contributed by atoms with van der Waals surface area (Å²) in [5, 5.41) is 10.9. The summed E-state index contributed by atoms with van der Waals surface area (Å²) in [5.74, 6) is 6.23. The summed E-state index contributed by atoms with van der Waals surface area (Å²) in [4.78, 5) is 12.6. The maximum absolute atomic E-state index is 10.9. The van der Waals surface area contributed by atoms with Crippen molar-refractivity contribution in [2.24, 2.45) is 5.84 Å². The molecule has 112 valence electrons. The van der Waals surface area contributed by atoms with E-state index in [0.29, 0.717) is 18.8 Å². The third kappa shape index (κ3) is 3.80. The van der Waals surface area contributed by atoms with E-state index in [4.69, 9.17) is 10.3 Å². The van der Waals surface area contributed by atoms with Gasteiger partial charge in [-0.25, -0.2) is 0 Å². The van der Waals surface area contributed by atoms with Gasteiger partial charge in [0.1, 0.15) is 11.4 Å². The number of rotatable bonds is 7. The normalized spacial score (nSPS) is 10.8. The van der Waals surface area contributed by atoms with Crippen LogP contribution in [-0.2, 0) is 13.1 Å². The van der Waals surface area contributed by atoms with E-state index in [1.807, 2.05) is 12.1 Å². The van der Waals surface area contributed by atoms with Crippen LogP contribution in [0.4, 0.5) is 11.4 Å². The van der Waals surface area contributed by atoms with Crippen LogP contribution in [-0.4, -0.2) is 16.4 Å². The van der Waals surface area contributed by atoms with Crippen molar-refractivity contribution >= 4 is 11.4 Å². The highest BCUT2D eigenvalue weighted by Gasteiger charge is 2.14. The van der Waals surface area contributed by atoms with Crippen LogP contribution >= 0.6 is 0 Å². The summed E-state index contributed by atoms with van der Waals surface area (Å²) in [6, 6.07) is 8.68. The molecule has 2 rings (SSSR count). The average Bonchev–Trinajstić information content (AvgIpc) is 2.99. The molecule has 21 heavy (non-hydrogen) atoms. The molecule has 7 heteroatoms. The van der Waals surface area contributed by atoms with Crippen molar-refractivity contribution in [3.05, 3.63) is 58.0 Å². The Morgan fingerprint density at radius 1 is 1.38 bits per heavy atom. The molecule has 0 saturated heterocycles. The van der Waals surface area contributed by atoms with E-state index in [1.165, 1.54) is 6.07 Å². The minimum atomic E-state index is -0.459. The molecule has 0 radical (unpaired) electrons. The van der Waals surface area contributed by atoms with E-state index in [-0.39, 0.29) is 5.69 Å². The Labute approximate surface area is 122 Å². The van der Waals surface area contributed by atoms with Gasteiger partial charge in [-0.15, -0.1) is 0 Å². The fraction of sp³-hybridized carbons (Fsp3) is 0.286. The second kappa shape index (κ2) is 6.87. The molecule has 0 atom stereocenters. The molecule has 0 aliphatic heterocycles. The zero-order valence-corrected chi connectivity index (χ0v) is 11.8. The van der Waals surface area contributed by atoms with Gasteiger partial charge in [0.2, 0.25) is 0 Å². The number of hydrogen-bond acceptors (Lipinski definition) is 6. The predicted molar refractivity (Wildman–Crippen MR) is 79.4 cm³/mol. The maximum atomic E-state index is 10.9. The molecule has 0 fully saturated rings. The molecular formula is C14H18N4O3. The Hall–Kier alpha value is -2.38. The number of hydrazine groups is 1. The first kappa shape index (κ1) is 15.0. The average molecular weight is 290 g/mol. The summed E-state index contributed by atoms with van der Waals surface area (Å²) in [5.41, 5.74) is 3.60. The summed E-state index contributed by atoms with van der Waals surface area (Å²) in [6.07, 6.45) is 1.64. The van der Waals surface area contributed by atoms with Crippen LogP contribution in [0.15, 0.2) is 41.0 Å². The summed E-state index contributed by atoms with van der Waals surface area (Å²) in [6.45, 7) is 4.23. The van der Waals surface area contributed by atoms with Gasteiger partial charge < -0.3 is 9.84 Å². The highest BCUT2D eigenvalue weighted by Crippen LogP contribution is 2.25. The van der Waals surface area contributed by atoms with Crippen LogP contribution in [0, 0.1) is 10.1 Å². The van der Waals surface area contributed by atoms with Gasteiger partial charge in [0.05, 0.1) is 17.7 Å². The lowest BCUT2D eigenvalue weighted by molar-refractivity contribution is -0.384. The van der Waals surface area contributed by atoms with Crippen molar-refractivity contribution in [2.45, 2.75) is 20.0 Å². The Morgan fingerprint density at radius 3 is 2.76 bits per heavy atom. The van der Waals surface area contributed by atoms with E-state index in [0.717, 1.165) is 17.9 Å².